The van der Waals surface area contributed by atoms with Crippen LogP contribution in [0.4, 0.5) is 4.39 Å². The average molecular weight is 562 g/mol. The smallest absolute Gasteiger partial charge is 0.0602 e. The second-order valence-electron chi connectivity index (χ2n) is 7.38. The normalized spacial score (nSPS) is 10.7. The molecule has 0 amide bonds. The SMILES string of the molecule is Cc1cc(C)cc(-c2cc(C)c(-n3ccnc3-c3[c-]cc(F)cc3)c(C)c2)c1.[Ir]. The molecule has 1 radical (unpaired) electrons. The molecular formula is C25H22FIrN2-. The van der Waals surface area contributed by atoms with Crippen LogP contribution in [-0.2, 0) is 20.1 Å². The fourth-order valence-corrected chi connectivity index (χ4v) is 3.87. The molecule has 0 fully saturated rings. The van der Waals surface area contributed by atoms with Gasteiger partial charge in [0.05, 0.1) is 5.82 Å². The molecule has 0 saturated heterocycles. The van der Waals surface area contributed by atoms with Crippen LogP contribution in [0.3, 0.4) is 0 Å². The second-order valence-corrected chi connectivity index (χ2v) is 7.38. The molecule has 3 aromatic carbocycles. The van der Waals surface area contributed by atoms with Gasteiger partial charge in [0.2, 0.25) is 0 Å². The first kappa shape index (κ1) is 21.2. The molecule has 4 rings (SSSR count). The third-order valence-corrected chi connectivity index (χ3v) is 4.94. The first-order chi connectivity index (χ1) is 13.4. The molecule has 149 valence electrons. The molecule has 2 nitrogen and oxygen atoms in total. The number of aromatic nitrogens is 2. The Bertz CT molecular complexity index is 1120. The van der Waals surface area contributed by atoms with Gasteiger partial charge < -0.3 is 4.57 Å². The van der Waals surface area contributed by atoms with Gasteiger partial charge in [-0.2, -0.15) is 0 Å². The molecule has 0 aliphatic heterocycles. The summed E-state index contributed by atoms with van der Waals surface area (Å²) in [5.41, 5.74) is 9.15. The quantitative estimate of drug-likeness (QED) is 0.266. The molecule has 0 atom stereocenters. The topological polar surface area (TPSA) is 17.8 Å². The summed E-state index contributed by atoms with van der Waals surface area (Å²) in [6.07, 6.45) is 3.71. The predicted octanol–water partition coefficient (Wildman–Crippen LogP) is 6.38. The van der Waals surface area contributed by atoms with E-state index in [-0.39, 0.29) is 25.9 Å². The number of imidazole rings is 1. The third-order valence-electron chi connectivity index (χ3n) is 4.94. The minimum Gasteiger partial charge on any atom is -0.340 e. The van der Waals surface area contributed by atoms with Crippen molar-refractivity contribution in [2.24, 2.45) is 0 Å². The Kier molecular flexibility index (Phi) is 6.16. The molecule has 0 N–H and O–H groups in total. The number of benzene rings is 3. The molecule has 1 aromatic heterocycles. The Morgan fingerprint density at radius 2 is 1.48 bits per heavy atom. The van der Waals surface area contributed by atoms with Gasteiger partial charge in [-0.3, -0.25) is 9.37 Å². The van der Waals surface area contributed by atoms with E-state index in [1.807, 2.05) is 6.20 Å². The van der Waals surface area contributed by atoms with E-state index in [0.717, 1.165) is 28.2 Å². The molecule has 0 saturated carbocycles. The van der Waals surface area contributed by atoms with E-state index in [9.17, 15) is 4.39 Å². The molecule has 1 heterocycles. The van der Waals surface area contributed by atoms with E-state index in [4.69, 9.17) is 0 Å². The molecule has 0 unspecified atom stereocenters. The Hall–Kier alpha value is -2.55. The standard InChI is InChI=1S/C25H22FN2.Ir/c1-16-11-17(2)13-21(12-16)22-14-18(3)24(19(4)15-22)28-10-9-27-25(28)20-5-7-23(26)8-6-20;/h5,7-15H,1-4H3;/q-1;. The fourth-order valence-electron chi connectivity index (χ4n) is 3.87. The number of hydrogen-bond acceptors (Lipinski definition) is 1. The summed E-state index contributed by atoms with van der Waals surface area (Å²) in [6, 6.07) is 18.5. The fraction of sp³-hybridized carbons (Fsp3) is 0.160. The first-order valence-corrected chi connectivity index (χ1v) is 9.33. The van der Waals surface area contributed by atoms with Crippen molar-refractivity contribution in [1.29, 1.82) is 0 Å². The van der Waals surface area contributed by atoms with Crippen LogP contribution in [0.2, 0.25) is 0 Å². The average Bonchev–Trinajstić information content (AvgIpc) is 3.10. The van der Waals surface area contributed by atoms with Crippen LogP contribution in [-0.4, -0.2) is 9.55 Å². The van der Waals surface area contributed by atoms with Crippen molar-refractivity contribution in [2.45, 2.75) is 27.7 Å². The largest absolute Gasteiger partial charge is 0.340 e. The first-order valence-electron chi connectivity index (χ1n) is 9.33. The van der Waals surface area contributed by atoms with Crippen LogP contribution in [0, 0.1) is 39.6 Å². The van der Waals surface area contributed by atoms with Crippen LogP contribution in [0.5, 0.6) is 0 Å². The van der Waals surface area contributed by atoms with Crippen LogP contribution in [0.25, 0.3) is 28.2 Å². The van der Waals surface area contributed by atoms with Gasteiger partial charge in [-0.05, 0) is 62.1 Å². The number of hydrogen-bond donors (Lipinski definition) is 0. The number of halogens is 1. The van der Waals surface area contributed by atoms with Gasteiger partial charge in [-0.15, -0.1) is 29.8 Å². The van der Waals surface area contributed by atoms with Gasteiger partial charge in [0.15, 0.2) is 0 Å². The molecule has 0 aliphatic carbocycles. The summed E-state index contributed by atoms with van der Waals surface area (Å²) in [5.74, 6) is 0.456. The van der Waals surface area contributed by atoms with E-state index < -0.39 is 0 Å². The zero-order chi connectivity index (χ0) is 19.8. The Morgan fingerprint density at radius 1 is 0.862 bits per heavy atom. The zero-order valence-corrected chi connectivity index (χ0v) is 19.3. The summed E-state index contributed by atoms with van der Waals surface area (Å²) in [6.45, 7) is 8.49. The maximum atomic E-state index is 13.3. The van der Waals surface area contributed by atoms with Gasteiger partial charge in [0, 0.05) is 44.0 Å². The van der Waals surface area contributed by atoms with Crippen molar-refractivity contribution in [3.05, 3.63) is 95.1 Å². The molecular weight excluding hydrogens is 540 g/mol. The summed E-state index contributed by atoms with van der Waals surface area (Å²) >= 11 is 0. The van der Waals surface area contributed by atoms with Gasteiger partial charge >= 0.3 is 0 Å². The van der Waals surface area contributed by atoms with Gasteiger partial charge in [0.1, 0.15) is 0 Å². The van der Waals surface area contributed by atoms with Crippen LogP contribution in [0.15, 0.2) is 60.9 Å². The minimum absolute atomic E-state index is 0. The maximum absolute atomic E-state index is 13.3. The summed E-state index contributed by atoms with van der Waals surface area (Å²) in [4.78, 5) is 4.49. The van der Waals surface area contributed by atoms with Gasteiger partial charge in [-0.1, -0.05) is 29.3 Å². The monoisotopic (exact) mass is 562 g/mol. The van der Waals surface area contributed by atoms with Gasteiger partial charge in [0.25, 0.3) is 0 Å². The summed E-state index contributed by atoms with van der Waals surface area (Å²) in [7, 11) is 0. The van der Waals surface area contributed by atoms with Crippen molar-refractivity contribution in [1.82, 2.24) is 9.55 Å². The van der Waals surface area contributed by atoms with E-state index >= 15 is 0 Å². The molecule has 0 aliphatic rings. The van der Waals surface area contributed by atoms with Crippen molar-refractivity contribution < 1.29 is 24.5 Å². The second kappa shape index (κ2) is 8.44. The predicted molar refractivity (Wildman–Crippen MR) is 112 cm³/mol. The third kappa shape index (κ3) is 4.24. The number of rotatable bonds is 3. The molecule has 29 heavy (non-hydrogen) atoms. The Morgan fingerprint density at radius 3 is 2.07 bits per heavy atom. The van der Waals surface area contributed by atoms with Crippen LogP contribution >= 0.6 is 0 Å². The van der Waals surface area contributed by atoms with Crippen molar-refractivity contribution in [3.63, 3.8) is 0 Å². The van der Waals surface area contributed by atoms with E-state index in [0.29, 0.717) is 0 Å². The zero-order valence-electron chi connectivity index (χ0n) is 16.9. The molecule has 0 bridgehead atoms. The number of aryl methyl sites for hydroxylation is 4. The Labute approximate surface area is 184 Å². The van der Waals surface area contributed by atoms with E-state index in [1.165, 1.54) is 34.4 Å². The minimum atomic E-state index is -0.299. The molecule has 4 heteroatoms. The maximum Gasteiger partial charge on any atom is 0.0602 e. The summed E-state index contributed by atoms with van der Waals surface area (Å²) < 4.78 is 15.3. The van der Waals surface area contributed by atoms with Crippen LogP contribution in [0.1, 0.15) is 22.3 Å². The van der Waals surface area contributed by atoms with Crippen molar-refractivity contribution in [2.75, 3.05) is 0 Å². The number of nitrogens with zero attached hydrogens (tertiary/aromatic N) is 2. The summed E-state index contributed by atoms with van der Waals surface area (Å²) in [5, 5.41) is 0. The van der Waals surface area contributed by atoms with Crippen LogP contribution < -0.4 is 0 Å². The molecule has 0 spiro atoms. The van der Waals surface area contributed by atoms with Crippen molar-refractivity contribution in [3.8, 4) is 28.2 Å². The van der Waals surface area contributed by atoms with Crippen molar-refractivity contribution >= 4 is 0 Å². The van der Waals surface area contributed by atoms with E-state index in [2.05, 4.69) is 73.6 Å². The Balaban J connectivity index is 0.00000240. The van der Waals surface area contributed by atoms with Gasteiger partial charge in [-0.25, -0.2) is 0 Å². The molecule has 4 aromatic rings. The van der Waals surface area contributed by atoms with E-state index in [1.54, 1.807) is 12.3 Å².